The first-order valence-corrected chi connectivity index (χ1v) is 9.87. The summed E-state index contributed by atoms with van der Waals surface area (Å²) in [5.41, 5.74) is 6.64. The second-order valence-electron chi connectivity index (χ2n) is 6.32. The molecule has 0 radical (unpaired) electrons. The Morgan fingerprint density at radius 2 is 1.61 bits per heavy atom. The van der Waals surface area contributed by atoms with Crippen LogP contribution in [-0.4, -0.2) is 25.4 Å². The maximum Gasteiger partial charge on any atom is 0.316 e. The Labute approximate surface area is 161 Å². The summed E-state index contributed by atoms with van der Waals surface area (Å²) >= 11 is 0. The van der Waals surface area contributed by atoms with Crippen molar-refractivity contribution in [2.24, 2.45) is 5.92 Å². The average molecular weight is 398 g/mol. The smallest absolute Gasteiger partial charge is 0.316 e. The normalized spacial score (nSPS) is 12.4. The second kappa shape index (κ2) is 7.69. The number of carbonyl (C=O) groups excluding carboxylic acids is 1. The summed E-state index contributed by atoms with van der Waals surface area (Å²) in [6, 6.07) is 17.9. The minimum Gasteiger partial charge on any atom is -0.481 e. The van der Waals surface area contributed by atoms with Crippen molar-refractivity contribution in [1.82, 2.24) is 4.72 Å². The Kier molecular flexibility index (Phi) is 5.32. The molecule has 0 heterocycles. The van der Waals surface area contributed by atoms with Crippen LogP contribution in [0.5, 0.6) is 0 Å². The zero-order chi connectivity index (χ0) is 20.3. The van der Waals surface area contributed by atoms with Gasteiger partial charge in [0.25, 0.3) is 10.0 Å². The summed E-state index contributed by atoms with van der Waals surface area (Å²) in [6.07, 6.45) is -0.158. The van der Waals surface area contributed by atoms with Crippen LogP contribution in [0.4, 0.5) is 5.69 Å². The number of nitrogens with two attached hydrogens (primary N) is 1. The fourth-order valence-electron chi connectivity index (χ4n) is 2.78. The van der Waals surface area contributed by atoms with Gasteiger partial charge in [-0.2, -0.15) is 0 Å². The molecule has 0 bridgehead atoms. The fourth-order valence-corrected chi connectivity index (χ4v) is 3.83. The lowest BCUT2D eigenvalue weighted by Gasteiger charge is -2.14. The highest BCUT2D eigenvalue weighted by Crippen LogP contribution is 2.19. The number of benzene rings is 3. The Hall–Kier alpha value is -3.39. The molecule has 0 aliphatic heterocycles. The number of nitrogens with one attached hydrogen (secondary N) is 1. The largest absolute Gasteiger partial charge is 0.481 e. The Balaban J connectivity index is 1.82. The van der Waals surface area contributed by atoms with E-state index in [1.165, 1.54) is 12.1 Å². The van der Waals surface area contributed by atoms with Gasteiger partial charge in [0.15, 0.2) is 0 Å². The predicted molar refractivity (Wildman–Crippen MR) is 105 cm³/mol. The van der Waals surface area contributed by atoms with Gasteiger partial charge in [-0.05, 0) is 47.0 Å². The van der Waals surface area contributed by atoms with E-state index in [9.17, 15) is 23.1 Å². The number of hydrogen-bond donors (Lipinski definition) is 3. The van der Waals surface area contributed by atoms with E-state index in [0.29, 0.717) is 16.6 Å². The second-order valence-corrected chi connectivity index (χ2v) is 8.00. The molecule has 0 aliphatic rings. The summed E-state index contributed by atoms with van der Waals surface area (Å²) < 4.78 is 27.0. The number of sulfonamides is 1. The van der Waals surface area contributed by atoms with E-state index in [2.05, 4.69) is 0 Å². The van der Waals surface area contributed by atoms with Crippen molar-refractivity contribution in [3.05, 3.63) is 72.3 Å². The highest BCUT2D eigenvalue weighted by atomic mass is 32.2. The number of nitrogen functional groups attached to an aromatic ring is 1. The summed E-state index contributed by atoms with van der Waals surface area (Å²) in [4.78, 5) is 23.8. The van der Waals surface area contributed by atoms with Crippen molar-refractivity contribution < 1.29 is 23.1 Å². The SMILES string of the molecule is Nc1ccc(CC(C(=O)O)C(=O)NS(=O)(=O)c2ccc3ccccc3c2)cc1. The Morgan fingerprint density at radius 1 is 0.964 bits per heavy atom. The molecule has 1 atom stereocenters. The molecule has 0 saturated heterocycles. The van der Waals surface area contributed by atoms with Crippen molar-refractivity contribution in [1.29, 1.82) is 0 Å². The van der Waals surface area contributed by atoms with Gasteiger partial charge in [-0.25, -0.2) is 13.1 Å². The third-order valence-corrected chi connectivity index (χ3v) is 5.64. The predicted octanol–water partition coefficient (Wildman–Crippen LogP) is 2.17. The Morgan fingerprint density at radius 3 is 2.25 bits per heavy atom. The molecule has 1 amide bonds. The van der Waals surface area contributed by atoms with Crippen molar-refractivity contribution in [2.75, 3.05) is 5.73 Å². The van der Waals surface area contributed by atoms with Crippen LogP contribution in [-0.2, 0) is 26.0 Å². The van der Waals surface area contributed by atoms with Gasteiger partial charge in [-0.1, -0.05) is 42.5 Å². The number of carbonyl (C=O) groups is 2. The van der Waals surface area contributed by atoms with Crippen molar-refractivity contribution >= 4 is 38.4 Å². The summed E-state index contributed by atoms with van der Waals surface area (Å²) in [6.45, 7) is 0. The fraction of sp³-hybridized carbons (Fsp3) is 0.100. The van der Waals surface area contributed by atoms with Crippen molar-refractivity contribution in [3.63, 3.8) is 0 Å². The molecule has 7 nitrogen and oxygen atoms in total. The molecule has 28 heavy (non-hydrogen) atoms. The number of aliphatic carboxylic acids is 1. The molecule has 0 fully saturated rings. The summed E-state index contributed by atoms with van der Waals surface area (Å²) in [5, 5.41) is 10.9. The van der Waals surface area contributed by atoms with Crippen LogP contribution in [0.1, 0.15) is 5.56 Å². The topological polar surface area (TPSA) is 127 Å². The van der Waals surface area contributed by atoms with Crippen LogP contribution in [0.25, 0.3) is 10.8 Å². The number of fused-ring (bicyclic) bond motifs is 1. The number of amides is 1. The van der Waals surface area contributed by atoms with Crippen LogP contribution >= 0.6 is 0 Å². The lowest BCUT2D eigenvalue weighted by Crippen LogP contribution is -2.40. The average Bonchev–Trinajstić information content (AvgIpc) is 2.66. The number of carboxylic acids is 1. The van der Waals surface area contributed by atoms with Gasteiger partial charge in [-0.15, -0.1) is 0 Å². The molecule has 4 N–H and O–H groups in total. The lowest BCUT2D eigenvalue weighted by molar-refractivity contribution is -0.146. The molecule has 0 spiro atoms. The maximum atomic E-state index is 12.6. The van der Waals surface area contributed by atoms with Gasteiger partial charge in [0.1, 0.15) is 5.92 Å². The van der Waals surface area contributed by atoms with Crippen molar-refractivity contribution in [3.8, 4) is 0 Å². The first-order valence-electron chi connectivity index (χ1n) is 8.39. The first-order chi connectivity index (χ1) is 13.3. The van der Waals surface area contributed by atoms with Crippen molar-refractivity contribution in [2.45, 2.75) is 11.3 Å². The first kappa shape index (κ1) is 19.4. The van der Waals surface area contributed by atoms with E-state index in [1.807, 2.05) is 16.9 Å². The van der Waals surface area contributed by atoms with Crippen LogP contribution in [0.2, 0.25) is 0 Å². The minimum absolute atomic E-state index is 0.115. The molecular weight excluding hydrogens is 380 g/mol. The van der Waals surface area contributed by atoms with Crippen LogP contribution < -0.4 is 10.5 Å². The summed E-state index contributed by atoms with van der Waals surface area (Å²) in [5.74, 6) is -4.07. The molecule has 0 aliphatic carbocycles. The van der Waals surface area contributed by atoms with E-state index in [0.717, 1.165) is 5.39 Å². The minimum atomic E-state index is -4.21. The molecule has 0 saturated carbocycles. The number of carboxylic acid groups (broad SMARTS) is 1. The monoisotopic (exact) mass is 398 g/mol. The molecule has 8 heteroatoms. The quantitative estimate of drug-likeness (QED) is 0.431. The molecule has 3 aromatic carbocycles. The van der Waals surface area contributed by atoms with E-state index in [-0.39, 0.29) is 11.3 Å². The molecule has 0 aromatic heterocycles. The van der Waals surface area contributed by atoms with Gasteiger partial charge in [-0.3, -0.25) is 9.59 Å². The molecule has 3 aromatic rings. The van der Waals surface area contributed by atoms with Gasteiger partial charge < -0.3 is 10.8 Å². The molecular formula is C20H18N2O5S. The van der Waals surface area contributed by atoms with Crippen LogP contribution in [0.15, 0.2) is 71.6 Å². The van der Waals surface area contributed by atoms with Gasteiger partial charge in [0.2, 0.25) is 5.91 Å². The van der Waals surface area contributed by atoms with E-state index in [1.54, 1.807) is 42.5 Å². The third-order valence-electron chi connectivity index (χ3n) is 4.30. The standard InChI is InChI=1S/C20H18N2O5S/c21-16-8-5-13(6-9-16)11-18(20(24)25)19(23)22-28(26,27)17-10-7-14-3-1-2-4-15(14)12-17/h1-10,12,18H,11,21H2,(H,22,23)(H,24,25). The molecule has 3 rings (SSSR count). The zero-order valence-corrected chi connectivity index (χ0v) is 15.5. The summed E-state index contributed by atoms with van der Waals surface area (Å²) in [7, 11) is -4.21. The van der Waals surface area contributed by atoms with E-state index < -0.39 is 27.8 Å². The molecule has 144 valence electrons. The van der Waals surface area contributed by atoms with Crippen LogP contribution in [0.3, 0.4) is 0 Å². The zero-order valence-electron chi connectivity index (χ0n) is 14.7. The van der Waals surface area contributed by atoms with E-state index in [4.69, 9.17) is 5.73 Å². The lowest BCUT2D eigenvalue weighted by atomic mass is 9.99. The highest BCUT2D eigenvalue weighted by Gasteiger charge is 2.30. The Bertz CT molecular complexity index is 1140. The third kappa shape index (κ3) is 4.29. The number of anilines is 1. The highest BCUT2D eigenvalue weighted by molar-refractivity contribution is 7.90. The van der Waals surface area contributed by atoms with Gasteiger partial charge in [0.05, 0.1) is 4.90 Å². The van der Waals surface area contributed by atoms with E-state index >= 15 is 0 Å². The van der Waals surface area contributed by atoms with Gasteiger partial charge in [0, 0.05) is 5.69 Å². The molecule has 1 unspecified atom stereocenters. The van der Waals surface area contributed by atoms with Crippen LogP contribution in [0, 0.1) is 5.92 Å². The maximum absolute atomic E-state index is 12.6. The van der Waals surface area contributed by atoms with Gasteiger partial charge >= 0.3 is 5.97 Å². The number of hydrogen-bond acceptors (Lipinski definition) is 5. The number of rotatable bonds is 6.